The van der Waals surface area contributed by atoms with E-state index in [1.54, 1.807) is 6.08 Å². The summed E-state index contributed by atoms with van der Waals surface area (Å²) in [5, 5.41) is 0. The van der Waals surface area contributed by atoms with Crippen LogP contribution >= 0.6 is 0 Å². The molecule has 2 rings (SSSR count). The molecule has 0 atom stereocenters. The first-order chi connectivity index (χ1) is 16.0. The number of hydrogen-bond donors (Lipinski definition) is 0. The Bertz CT molecular complexity index is 715. The number of allylic oxidation sites excluding steroid dienone is 1. The molecule has 33 heavy (non-hydrogen) atoms. The van der Waals surface area contributed by atoms with Crippen LogP contribution in [0.1, 0.15) is 128 Å². The Morgan fingerprint density at radius 2 is 1.30 bits per heavy atom. The van der Waals surface area contributed by atoms with Gasteiger partial charge in [0, 0.05) is 6.42 Å². The average molecular weight is 469 g/mol. The van der Waals surface area contributed by atoms with E-state index in [-0.39, 0.29) is 17.1 Å². The van der Waals surface area contributed by atoms with Crippen molar-refractivity contribution in [2.24, 2.45) is 0 Å². The average Bonchev–Trinajstić information content (AvgIpc) is 2.78. The molecule has 1 aliphatic rings. The van der Waals surface area contributed by atoms with Gasteiger partial charge >= 0.3 is 6.11 Å². The highest BCUT2D eigenvalue weighted by Crippen LogP contribution is 2.44. The fourth-order valence-electron chi connectivity index (χ4n) is 4.32. The topological polar surface area (TPSA) is 18.5 Å². The van der Waals surface area contributed by atoms with Crippen molar-refractivity contribution in [1.82, 2.24) is 0 Å². The van der Waals surface area contributed by atoms with Gasteiger partial charge in [-0.15, -0.1) is 0 Å². The summed E-state index contributed by atoms with van der Waals surface area (Å²) < 4.78 is 54.6. The van der Waals surface area contributed by atoms with Gasteiger partial charge in [-0.2, -0.15) is 8.78 Å². The number of ether oxygens (including phenoxy) is 2. The van der Waals surface area contributed by atoms with E-state index in [2.05, 4.69) is 13.8 Å². The van der Waals surface area contributed by atoms with Crippen molar-refractivity contribution in [3.8, 4) is 5.75 Å². The standard InChI is InChI=1S/C28H43F3O2/c1-3-5-7-9-11-12-14-16-18-24-22-23-19-20-25(27(29)26(23)28(30,31)33-24)32-21-17-15-13-10-8-6-4-2/h19-20,22H,3-18,21H2,1-2H3. The van der Waals surface area contributed by atoms with Crippen molar-refractivity contribution < 1.29 is 22.6 Å². The normalized spacial score (nSPS) is 14.5. The SMILES string of the molecule is CCCCCCCCCCC1=Cc2ccc(OCCCCCCCCC)c(F)c2C(F)(F)O1. The zero-order chi connectivity index (χ0) is 23.9. The van der Waals surface area contributed by atoms with Crippen molar-refractivity contribution in [3.05, 3.63) is 34.8 Å². The molecule has 0 saturated heterocycles. The van der Waals surface area contributed by atoms with E-state index in [4.69, 9.17) is 9.47 Å². The molecule has 1 heterocycles. The van der Waals surface area contributed by atoms with Gasteiger partial charge < -0.3 is 9.47 Å². The summed E-state index contributed by atoms with van der Waals surface area (Å²) in [5.41, 5.74) is -0.527. The lowest BCUT2D eigenvalue weighted by Gasteiger charge is -2.27. The maximum atomic E-state index is 14.9. The van der Waals surface area contributed by atoms with E-state index in [0.717, 1.165) is 38.5 Å². The smallest absolute Gasteiger partial charge is 0.430 e. The van der Waals surface area contributed by atoms with E-state index < -0.39 is 17.5 Å². The predicted octanol–water partition coefficient (Wildman–Crippen LogP) is 9.91. The van der Waals surface area contributed by atoms with E-state index in [1.165, 1.54) is 69.9 Å². The summed E-state index contributed by atoms with van der Waals surface area (Å²) in [6.07, 6.45) is 15.2. The summed E-state index contributed by atoms with van der Waals surface area (Å²) in [4.78, 5) is 0. The molecule has 5 heteroatoms. The fraction of sp³-hybridized carbons (Fsp3) is 0.714. The van der Waals surface area contributed by atoms with Crippen molar-refractivity contribution in [2.45, 2.75) is 123 Å². The molecule has 0 saturated carbocycles. The van der Waals surface area contributed by atoms with Gasteiger partial charge in [-0.25, -0.2) is 4.39 Å². The van der Waals surface area contributed by atoms with E-state index in [1.807, 2.05) is 0 Å². The van der Waals surface area contributed by atoms with Gasteiger partial charge in [0.2, 0.25) is 0 Å². The third kappa shape index (κ3) is 9.62. The van der Waals surface area contributed by atoms with Crippen LogP contribution in [0, 0.1) is 5.82 Å². The number of unbranched alkanes of at least 4 members (excludes halogenated alkanes) is 13. The molecule has 0 fully saturated rings. The highest BCUT2D eigenvalue weighted by Gasteiger charge is 2.43. The van der Waals surface area contributed by atoms with Gasteiger partial charge in [0.1, 0.15) is 11.3 Å². The van der Waals surface area contributed by atoms with Crippen molar-refractivity contribution >= 4 is 6.08 Å². The number of alkyl halides is 2. The highest BCUT2D eigenvalue weighted by atomic mass is 19.3. The molecule has 2 nitrogen and oxygen atoms in total. The van der Waals surface area contributed by atoms with Crippen LogP contribution in [0.15, 0.2) is 17.9 Å². The molecule has 1 aliphatic heterocycles. The molecule has 1 aromatic rings. The molecule has 0 radical (unpaired) electrons. The van der Waals surface area contributed by atoms with Crippen LogP contribution in [0.4, 0.5) is 13.2 Å². The van der Waals surface area contributed by atoms with Crippen LogP contribution < -0.4 is 4.74 Å². The first kappa shape index (κ1) is 27.6. The minimum Gasteiger partial charge on any atom is -0.491 e. The van der Waals surface area contributed by atoms with Crippen LogP contribution in [0.5, 0.6) is 5.75 Å². The number of benzene rings is 1. The first-order valence-corrected chi connectivity index (χ1v) is 13.2. The number of hydrogen-bond acceptors (Lipinski definition) is 2. The van der Waals surface area contributed by atoms with E-state index in [0.29, 0.717) is 13.0 Å². The van der Waals surface area contributed by atoms with Crippen molar-refractivity contribution in [1.29, 1.82) is 0 Å². The van der Waals surface area contributed by atoms with Gasteiger partial charge in [0.25, 0.3) is 0 Å². The molecular formula is C28H43F3O2. The number of rotatable bonds is 18. The van der Waals surface area contributed by atoms with Crippen LogP contribution in [0.3, 0.4) is 0 Å². The largest absolute Gasteiger partial charge is 0.491 e. The second-order valence-corrected chi connectivity index (χ2v) is 9.27. The first-order valence-electron chi connectivity index (χ1n) is 13.2. The lowest BCUT2D eigenvalue weighted by atomic mass is 10.00. The van der Waals surface area contributed by atoms with Crippen LogP contribution in [0.25, 0.3) is 6.08 Å². The lowest BCUT2D eigenvalue weighted by molar-refractivity contribution is -0.228. The minimum absolute atomic E-state index is 0.122. The molecule has 0 N–H and O–H groups in total. The second kappa shape index (κ2) is 15.3. The van der Waals surface area contributed by atoms with E-state index >= 15 is 0 Å². The maximum Gasteiger partial charge on any atom is 0.430 e. The Kier molecular flexibility index (Phi) is 12.8. The molecule has 0 spiro atoms. The van der Waals surface area contributed by atoms with Gasteiger partial charge in [-0.1, -0.05) is 103 Å². The van der Waals surface area contributed by atoms with Gasteiger partial charge in [0.05, 0.1) is 6.61 Å². The molecule has 0 bridgehead atoms. The zero-order valence-corrected chi connectivity index (χ0v) is 20.7. The molecule has 188 valence electrons. The third-order valence-electron chi connectivity index (χ3n) is 6.29. The molecule has 0 aliphatic carbocycles. The minimum atomic E-state index is -3.68. The third-order valence-corrected chi connectivity index (χ3v) is 6.29. The van der Waals surface area contributed by atoms with Crippen molar-refractivity contribution in [2.75, 3.05) is 6.61 Å². The van der Waals surface area contributed by atoms with Crippen LogP contribution in [-0.2, 0) is 10.8 Å². The zero-order valence-electron chi connectivity index (χ0n) is 20.7. The molecule has 1 aromatic carbocycles. The van der Waals surface area contributed by atoms with Crippen LogP contribution in [-0.4, -0.2) is 6.61 Å². The number of halogens is 3. The Morgan fingerprint density at radius 3 is 1.91 bits per heavy atom. The van der Waals surface area contributed by atoms with Gasteiger partial charge in [-0.05, 0) is 30.5 Å². The predicted molar refractivity (Wildman–Crippen MR) is 130 cm³/mol. The number of fused-ring (bicyclic) bond motifs is 1. The summed E-state index contributed by atoms with van der Waals surface area (Å²) in [5.74, 6) is -0.902. The Hall–Kier alpha value is -1.65. The maximum absolute atomic E-state index is 14.9. The fourth-order valence-corrected chi connectivity index (χ4v) is 4.32. The van der Waals surface area contributed by atoms with Gasteiger partial charge in [0.15, 0.2) is 11.6 Å². The lowest BCUT2D eigenvalue weighted by Crippen LogP contribution is -2.24. The van der Waals surface area contributed by atoms with Gasteiger partial charge in [-0.3, -0.25) is 0 Å². The Balaban J connectivity index is 1.82. The van der Waals surface area contributed by atoms with Crippen LogP contribution in [0.2, 0.25) is 0 Å². The summed E-state index contributed by atoms with van der Waals surface area (Å²) in [7, 11) is 0. The molecular weight excluding hydrogens is 425 g/mol. The quantitative estimate of drug-likeness (QED) is 0.200. The monoisotopic (exact) mass is 468 g/mol. The summed E-state index contributed by atoms with van der Waals surface area (Å²) in [6, 6.07) is 2.98. The Labute approximate surface area is 198 Å². The highest BCUT2D eigenvalue weighted by molar-refractivity contribution is 5.60. The summed E-state index contributed by atoms with van der Waals surface area (Å²) in [6.45, 7) is 4.71. The molecule has 0 amide bonds. The summed E-state index contributed by atoms with van der Waals surface area (Å²) >= 11 is 0. The molecule has 0 aromatic heterocycles. The second-order valence-electron chi connectivity index (χ2n) is 9.27. The Morgan fingerprint density at radius 1 is 0.758 bits per heavy atom. The molecule has 0 unspecified atom stereocenters. The van der Waals surface area contributed by atoms with E-state index in [9.17, 15) is 13.2 Å². The van der Waals surface area contributed by atoms with Crippen molar-refractivity contribution in [3.63, 3.8) is 0 Å².